The van der Waals surface area contributed by atoms with Crippen LogP contribution in [0.25, 0.3) is 0 Å². The number of phenols is 1. The van der Waals surface area contributed by atoms with Crippen molar-refractivity contribution in [3.63, 3.8) is 0 Å². The highest BCUT2D eigenvalue weighted by molar-refractivity contribution is 5.49. The lowest BCUT2D eigenvalue weighted by atomic mass is 9.78. The van der Waals surface area contributed by atoms with Gasteiger partial charge < -0.3 is 5.11 Å². The van der Waals surface area contributed by atoms with E-state index >= 15 is 0 Å². The van der Waals surface area contributed by atoms with Gasteiger partial charge in [0.2, 0.25) is 0 Å². The van der Waals surface area contributed by atoms with Crippen molar-refractivity contribution in [1.29, 1.82) is 0 Å². The van der Waals surface area contributed by atoms with Crippen LogP contribution in [0.2, 0.25) is 0 Å². The maximum absolute atomic E-state index is 11.0. The van der Waals surface area contributed by atoms with Crippen molar-refractivity contribution in [3.05, 3.63) is 28.8 Å². The molecule has 0 aromatic heterocycles. The zero-order valence-electron chi connectivity index (χ0n) is 19.0. The van der Waals surface area contributed by atoms with Gasteiger partial charge in [0, 0.05) is 12.6 Å². The highest BCUT2D eigenvalue weighted by atomic mass is 16.3. The molecule has 0 bridgehead atoms. The summed E-state index contributed by atoms with van der Waals surface area (Å²) >= 11 is 0. The Labute approximate surface area is 168 Å². The fourth-order valence-electron chi connectivity index (χ4n) is 4.36. The molecule has 0 unspecified atom stereocenters. The molecule has 0 saturated heterocycles. The van der Waals surface area contributed by atoms with E-state index in [0.29, 0.717) is 5.75 Å². The second-order valence-electron chi connectivity index (χ2n) is 10.7. The predicted molar refractivity (Wildman–Crippen MR) is 118 cm³/mol. The lowest BCUT2D eigenvalue weighted by molar-refractivity contribution is 0.146. The number of benzene rings is 1. The number of phenolic OH excluding ortho intramolecular Hbond substituents is 1. The number of rotatable bonds is 6. The van der Waals surface area contributed by atoms with Crippen LogP contribution in [0.5, 0.6) is 5.75 Å². The molecule has 0 heterocycles. The van der Waals surface area contributed by atoms with Gasteiger partial charge in [-0.15, -0.1) is 0 Å². The molecule has 2 rings (SSSR count). The molecule has 0 spiro atoms. The van der Waals surface area contributed by atoms with Gasteiger partial charge in [0.15, 0.2) is 0 Å². The van der Waals surface area contributed by atoms with Crippen molar-refractivity contribution in [1.82, 2.24) is 4.90 Å². The number of nitrogens with zero attached hydrogens (tertiary/aromatic N) is 1. The van der Waals surface area contributed by atoms with E-state index in [-0.39, 0.29) is 10.8 Å². The van der Waals surface area contributed by atoms with Crippen molar-refractivity contribution in [3.8, 4) is 5.75 Å². The normalized spacial score (nSPS) is 16.9. The standard InChI is InChI=1S/C25H43NO/c1-8-9-15-26(20-13-11-10-12-14-20)18-19-16-21(24(2,3)4)23(27)22(17-19)25(5,6)7/h16-17,20,27H,8-15,18H2,1-7H3. The summed E-state index contributed by atoms with van der Waals surface area (Å²) < 4.78 is 0. The van der Waals surface area contributed by atoms with Gasteiger partial charge >= 0.3 is 0 Å². The molecule has 1 aromatic rings. The van der Waals surface area contributed by atoms with E-state index in [1.807, 2.05) is 0 Å². The smallest absolute Gasteiger partial charge is 0.123 e. The molecule has 0 radical (unpaired) electrons. The molecule has 2 nitrogen and oxygen atoms in total. The average molecular weight is 374 g/mol. The molecule has 0 atom stereocenters. The van der Waals surface area contributed by atoms with Gasteiger partial charge in [-0.05, 0) is 53.3 Å². The Bertz CT molecular complexity index is 565. The third-order valence-corrected chi connectivity index (χ3v) is 6.06. The van der Waals surface area contributed by atoms with Crippen LogP contribution in [0.3, 0.4) is 0 Å². The summed E-state index contributed by atoms with van der Waals surface area (Å²) in [5.74, 6) is 0.497. The summed E-state index contributed by atoms with van der Waals surface area (Å²) in [5.41, 5.74) is 3.43. The van der Waals surface area contributed by atoms with Gasteiger partial charge in [-0.1, -0.05) is 86.3 Å². The highest BCUT2D eigenvalue weighted by Crippen LogP contribution is 2.40. The van der Waals surface area contributed by atoms with Crippen LogP contribution in [0.1, 0.15) is 110 Å². The van der Waals surface area contributed by atoms with Gasteiger partial charge in [-0.3, -0.25) is 4.90 Å². The molecular formula is C25H43NO. The van der Waals surface area contributed by atoms with Gasteiger partial charge in [-0.25, -0.2) is 0 Å². The topological polar surface area (TPSA) is 23.5 Å². The zero-order valence-corrected chi connectivity index (χ0v) is 19.0. The molecule has 1 aliphatic carbocycles. The Morgan fingerprint density at radius 1 is 0.926 bits per heavy atom. The van der Waals surface area contributed by atoms with Crippen LogP contribution in [0.15, 0.2) is 12.1 Å². The second kappa shape index (κ2) is 8.99. The van der Waals surface area contributed by atoms with Gasteiger partial charge in [0.25, 0.3) is 0 Å². The first-order valence-electron chi connectivity index (χ1n) is 11.1. The van der Waals surface area contributed by atoms with Crippen LogP contribution in [0.4, 0.5) is 0 Å². The average Bonchev–Trinajstić information content (AvgIpc) is 2.58. The maximum Gasteiger partial charge on any atom is 0.123 e. The molecule has 154 valence electrons. The Hall–Kier alpha value is -1.02. The van der Waals surface area contributed by atoms with Crippen LogP contribution >= 0.6 is 0 Å². The molecule has 27 heavy (non-hydrogen) atoms. The second-order valence-corrected chi connectivity index (χ2v) is 10.7. The summed E-state index contributed by atoms with van der Waals surface area (Å²) in [6.07, 6.45) is 9.37. The summed E-state index contributed by atoms with van der Waals surface area (Å²) in [6.45, 7) is 17.7. The largest absolute Gasteiger partial charge is 0.507 e. The Kier molecular flexibility index (Phi) is 7.41. The predicted octanol–water partition coefficient (Wildman–Crippen LogP) is 6.92. The van der Waals surface area contributed by atoms with Crippen LogP contribution < -0.4 is 0 Å². The van der Waals surface area contributed by atoms with E-state index in [9.17, 15) is 5.11 Å². The fraction of sp³-hybridized carbons (Fsp3) is 0.760. The summed E-state index contributed by atoms with van der Waals surface area (Å²) in [7, 11) is 0. The monoisotopic (exact) mass is 373 g/mol. The molecule has 1 saturated carbocycles. The van der Waals surface area contributed by atoms with E-state index in [1.165, 1.54) is 57.1 Å². The van der Waals surface area contributed by atoms with Crippen molar-refractivity contribution in [2.45, 2.75) is 117 Å². The quantitative estimate of drug-likeness (QED) is 0.585. The number of unbranched alkanes of at least 4 members (excludes halogenated alkanes) is 1. The van der Waals surface area contributed by atoms with Crippen LogP contribution in [-0.2, 0) is 17.4 Å². The first kappa shape index (κ1) is 22.3. The zero-order chi connectivity index (χ0) is 20.2. The van der Waals surface area contributed by atoms with Crippen LogP contribution in [0, 0.1) is 0 Å². The van der Waals surface area contributed by atoms with E-state index in [0.717, 1.165) is 23.7 Å². The molecule has 0 amide bonds. The first-order chi connectivity index (χ1) is 12.5. The minimum Gasteiger partial charge on any atom is -0.507 e. The molecule has 1 aromatic carbocycles. The summed E-state index contributed by atoms with van der Waals surface area (Å²) in [6, 6.07) is 5.27. The SMILES string of the molecule is CCCCN(Cc1cc(C(C)(C)C)c(O)c(C(C)(C)C)c1)C1CCCCC1. The summed E-state index contributed by atoms with van der Waals surface area (Å²) in [5, 5.41) is 11.0. The van der Waals surface area contributed by atoms with E-state index in [4.69, 9.17) is 0 Å². The molecule has 0 aliphatic heterocycles. The lowest BCUT2D eigenvalue weighted by Crippen LogP contribution is -2.37. The van der Waals surface area contributed by atoms with Gasteiger partial charge in [0.05, 0.1) is 0 Å². The van der Waals surface area contributed by atoms with E-state index in [1.54, 1.807) is 0 Å². The Morgan fingerprint density at radius 3 is 1.89 bits per heavy atom. The van der Waals surface area contributed by atoms with Crippen LogP contribution in [-0.4, -0.2) is 22.6 Å². The van der Waals surface area contributed by atoms with Crippen molar-refractivity contribution in [2.24, 2.45) is 0 Å². The van der Waals surface area contributed by atoms with Gasteiger partial charge in [-0.2, -0.15) is 0 Å². The van der Waals surface area contributed by atoms with Crippen molar-refractivity contribution in [2.75, 3.05) is 6.54 Å². The molecule has 2 heteroatoms. The lowest BCUT2D eigenvalue weighted by Gasteiger charge is -2.35. The van der Waals surface area contributed by atoms with E-state index in [2.05, 4.69) is 65.5 Å². The third kappa shape index (κ3) is 5.98. The Balaban J connectivity index is 2.39. The van der Waals surface area contributed by atoms with Crippen molar-refractivity contribution >= 4 is 0 Å². The van der Waals surface area contributed by atoms with E-state index < -0.39 is 0 Å². The first-order valence-corrected chi connectivity index (χ1v) is 11.1. The Morgan fingerprint density at radius 2 is 1.44 bits per heavy atom. The molecule has 1 fully saturated rings. The minimum atomic E-state index is -0.0564. The molecule has 1 N–H and O–H groups in total. The molecular weight excluding hydrogens is 330 g/mol. The number of hydrogen-bond donors (Lipinski definition) is 1. The molecule has 1 aliphatic rings. The minimum absolute atomic E-state index is 0.0564. The van der Waals surface area contributed by atoms with Gasteiger partial charge in [0.1, 0.15) is 5.75 Å². The number of hydrogen-bond acceptors (Lipinski definition) is 2. The van der Waals surface area contributed by atoms with Crippen molar-refractivity contribution < 1.29 is 5.11 Å². The number of aromatic hydroxyl groups is 1. The third-order valence-electron chi connectivity index (χ3n) is 6.06. The highest BCUT2D eigenvalue weighted by Gasteiger charge is 2.28. The maximum atomic E-state index is 11.0. The summed E-state index contributed by atoms with van der Waals surface area (Å²) in [4.78, 5) is 2.73. The fourth-order valence-corrected chi connectivity index (χ4v) is 4.36.